The average Bonchev–Trinajstić information content (AvgIpc) is 3.24. The van der Waals surface area contributed by atoms with Crippen molar-refractivity contribution in [3.05, 3.63) is 0 Å². The Balaban J connectivity index is 1.65. The molecule has 104 valence electrons. The summed E-state index contributed by atoms with van der Waals surface area (Å²) in [5, 5.41) is 3.52. The molecule has 1 N–H and O–H groups in total. The zero-order chi connectivity index (χ0) is 13.0. The molecule has 2 saturated carbocycles. The van der Waals surface area contributed by atoms with Crippen LogP contribution >= 0.6 is 0 Å². The molecule has 0 aliphatic heterocycles. The number of nitrogens with zero attached hydrogens (tertiary/aromatic N) is 2. The highest BCUT2D eigenvalue weighted by atomic mass is 16.5. The second-order valence-electron chi connectivity index (χ2n) is 5.70. The summed E-state index contributed by atoms with van der Waals surface area (Å²) < 4.78 is 5.67. The standard InChI is InChI=1S/C14H27N3O/c1-4-15-14(16-13-9-11(13)2)17(3)7-8-18-10-12-5-6-12/h11-13H,4-10H2,1-3H3,(H,15,16). The first kappa shape index (κ1) is 13.7. The Kier molecular flexibility index (Phi) is 4.87. The van der Waals surface area contributed by atoms with Gasteiger partial charge >= 0.3 is 0 Å². The summed E-state index contributed by atoms with van der Waals surface area (Å²) >= 11 is 0. The molecule has 0 aromatic rings. The van der Waals surface area contributed by atoms with Gasteiger partial charge < -0.3 is 15.0 Å². The lowest BCUT2D eigenvalue weighted by Crippen LogP contribution is -2.42. The first-order valence-corrected chi connectivity index (χ1v) is 7.30. The molecule has 0 saturated heterocycles. The fourth-order valence-electron chi connectivity index (χ4n) is 1.96. The highest BCUT2D eigenvalue weighted by molar-refractivity contribution is 5.80. The number of guanidine groups is 1. The molecule has 0 aromatic carbocycles. The smallest absolute Gasteiger partial charge is 0.193 e. The molecular weight excluding hydrogens is 226 g/mol. The minimum absolute atomic E-state index is 0.630. The third-order valence-corrected chi connectivity index (χ3v) is 3.71. The predicted molar refractivity (Wildman–Crippen MR) is 74.9 cm³/mol. The van der Waals surface area contributed by atoms with Crippen LogP contribution in [0.4, 0.5) is 0 Å². The van der Waals surface area contributed by atoms with Gasteiger partial charge in [-0.3, -0.25) is 4.99 Å². The number of aliphatic imine (C=N–C) groups is 1. The van der Waals surface area contributed by atoms with Gasteiger partial charge in [-0.2, -0.15) is 0 Å². The fraction of sp³-hybridized carbons (Fsp3) is 0.929. The van der Waals surface area contributed by atoms with Crippen molar-refractivity contribution in [1.82, 2.24) is 10.2 Å². The van der Waals surface area contributed by atoms with E-state index in [9.17, 15) is 0 Å². The molecule has 2 atom stereocenters. The van der Waals surface area contributed by atoms with E-state index >= 15 is 0 Å². The van der Waals surface area contributed by atoms with Crippen LogP contribution in [0.5, 0.6) is 0 Å². The molecule has 18 heavy (non-hydrogen) atoms. The van der Waals surface area contributed by atoms with Crippen LogP contribution in [0.3, 0.4) is 0 Å². The Hall–Kier alpha value is -0.770. The van der Waals surface area contributed by atoms with Gasteiger partial charge in [-0.1, -0.05) is 6.92 Å². The van der Waals surface area contributed by atoms with Crippen molar-refractivity contribution in [3.8, 4) is 0 Å². The third kappa shape index (κ3) is 4.48. The van der Waals surface area contributed by atoms with Crippen molar-refractivity contribution in [1.29, 1.82) is 0 Å². The normalized spacial score (nSPS) is 27.2. The Morgan fingerprint density at radius 3 is 2.72 bits per heavy atom. The molecule has 2 aliphatic rings. The van der Waals surface area contributed by atoms with Crippen LogP contribution in [-0.2, 0) is 4.74 Å². The average molecular weight is 253 g/mol. The van der Waals surface area contributed by atoms with Gasteiger partial charge in [0, 0.05) is 32.8 Å². The molecule has 0 bridgehead atoms. The number of ether oxygens (including phenoxy) is 1. The van der Waals surface area contributed by atoms with Crippen LogP contribution in [0, 0.1) is 11.8 Å². The lowest BCUT2D eigenvalue weighted by molar-refractivity contribution is 0.115. The zero-order valence-electron chi connectivity index (χ0n) is 12.0. The summed E-state index contributed by atoms with van der Waals surface area (Å²) in [7, 11) is 2.09. The van der Waals surface area contributed by atoms with Gasteiger partial charge in [0.1, 0.15) is 0 Å². The molecule has 0 amide bonds. The lowest BCUT2D eigenvalue weighted by atomic mass is 10.4. The number of hydrogen-bond donors (Lipinski definition) is 1. The topological polar surface area (TPSA) is 36.9 Å². The number of likely N-dealkylation sites (N-methyl/N-ethyl adjacent to an activating group) is 1. The Morgan fingerprint density at radius 1 is 1.44 bits per heavy atom. The van der Waals surface area contributed by atoms with E-state index in [1.807, 2.05) is 0 Å². The fourth-order valence-corrected chi connectivity index (χ4v) is 1.96. The maximum Gasteiger partial charge on any atom is 0.193 e. The molecule has 0 spiro atoms. The van der Waals surface area contributed by atoms with E-state index in [1.165, 1.54) is 19.3 Å². The Labute approximate surface area is 111 Å². The molecule has 0 radical (unpaired) electrons. The Bertz CT molecular complexity index is 289. The van der Waals surface area contributed by atoms with Crippen LogP contribution in [0.1, 0.15) is 33.1 Å². The molecular formula is C14H27N3O. The van der Waals surface area contributed by atoms with Crippen molar-refractivity contribution in [2.45, 2.75) is 39.2 Å². The van der Waals surface area contributed by atoms with Crippen molar-refractivity contribution >= 4 is 5.96 Å². The van der Waals surface area contributed by atoms with Gasteiger partial charge in [0.15, 0.2) is 5.96 Å². The first-order chi connectivity index (χ1) is 8.70. The van der Waals surface area contributed by atoms with Crippen molar-refractivity contribution in [3.63, 3.8) is 0 Å². The van der Waals surface area contributed by atoms with E-state index in [0.717, 1.165) is 44.1 Å². The lowest BCUT2D eigenvalue weighted by Gasteiger charge is -2.22. The van der Waals surface area contributed by atoms with Gasteiger partial charge in [0.2, 0.25) is 0 Å². The van der Waals surface area contributed by atoms with Gasteiger partial charge in [0.05, 0.1) is 6.61 Å². The summed E-state index contributed by atoms with van der Waals surface area (Å²) in [6.45, 7) is 7.85. The minimum atomic E-state index is 0.630. The molecule has 2 aliphatic carbocycles. The molecule has 2 unspecified atom stereocenters. The van der Waals surface area contributed by atoms with Crippen LogP contribution in [0.25, 0.3) is 0 Å². The molecule has 2 rings (SSSR count). The second kappa shape index (κ2) is 6.41. The van der Waals surface area contributed by atoms with Gasteiger partial charge in [-0.25, -0.2) is 0 Å². The SMILES string of the molecule is CCN=C(NC1CC1C)N(C)CCOCC1CC1. The van der Waals surface area contributed by atoms with E-state index in [-0.39, 0.29) is 0 Å². The number of rotatable bonds is 7. The summed E-state index contributed by atoms with van der Waals surface area (Å²) in [6.07, 6.45) is 3.99. The van der Waals surface area contributed by atoms with Crippen molar-refractivity contribution in [2.75, 3.05) is 33.4 Å². The third-order valence-electron chi connectivity index (χ3n) is 3.71. The summed E-state index contributed by atoms with van der Waals surface area (Å²) in [5.41, 5.74) is 0. The van der Waals surface area contributed by atoms with Crippen molar-refractivity contribution in [2.24, 2.45) is 16.8 Å². The monoisotopic (exact) mass is 253 g/mol. The summed E-state index contributed by atoms with van der Waals surface area (Å²) in [6, 6.07) is 0.630. The predicted octanol–water partition coefficient (Wildman–Crippen LogP) is 1.72. The molecule has 2 fully saturated rings. The van der Waals surface area contributed by atoms with Crippen LogP contribution in [-0.4, -0.2) is 50.3 Å². The molecule has 0 aromatic heterocycles. The van der Waals surface area contributed by atoms with E-state index in [2.05, 4.69) is 36.1 Å². The van der Waals surface area contributed by atoms with E-state index in [1.54, 1.807) is 0 Å². The van der Waals surface area contributed by atoms with E-state index < -0.39 is 0 Å². The zero-order valence-corrected chi connectivity index (χ0v) is 12.0. The highest BCUT2D eigenvalue weighted by Crippen LogP contribution is 2.29. The summed E-state index contributed by atoms with van der Waals surface area (Å²) in [5.74, 6) is 2.68. The minimum Gasteiger partial charge on any atom is -0.379 e. The van der Waals surface area contributed by atoms with Gasteiger partial charge in [-0.05, 0) is 38.0 Å². The first-order valence-electron chi connectivity index (χ1n) is 7.30. The number of hydrogen-bond acceptors (Lipinski definition) is 2. The summed E-state index contributed by atoms with van der Waals surface area (Å²) in [4.78, 5) is 6.72. The van der Waals surface area contributed by atoms with E-state index in [0.29, 0.717) is 6.04 Å². The van der Waals surface area contributed by atoms with E-state index in [4.69, 9.17) is 4.74 Å². The molecule has 4 nitrogen and oxygen atoms in total. The molecule has 4 heteroatoms. The van der Waals surface area contributed by atoms with Gasteiger partial charge in [-0.15, -0.1) is 0 Å². The maximum absolute atomic E-state index is 5.67. The van der Waals surface area contributed by atoms with Crippen LogP contribution in [0.15, 0.2) is 4.99 Å². The largest absolute Gasteiger partial charge is 0.379 e. The maximum atomic E-state index is 5.67. The number of nitrogens with one attached hydrogen (secondary N) is 1. The van der Waals surface area contributed by atoms with Crippen molar-refractivity contribution < 1.29 is 4.74 Å². The van der Waals surface area contributed by atoms with Crippen LogP contribution in [0.2, 0.25) is 0 Å². The second-order valence-corrected chi connectivity index (χ2v) is 5.70. The highest BCUT2D eigenvalue weighted by Gasteiger charge is 2.33. The Morgan fingerprint density at radius 2 is 2.17 bits per heavy atom. The molecule has 0 heterocycles. The van der Waals surface area contributed by atoms with Crippen LogP contribution < -0.4 is 5.32 Å². The quantitative estimate of drug-likeness (QED) is 0.426. The van der Waals surface area contributed by atoms with Gasteiger partial charge in [0.25, 0.3) is 0 Å².